The molecule has 88 valence electrons. The molecule has 0 fully saturated rings. The fourth-order valence-corrected chi connectivity index (χ4v) is 2.34. The van der Waals surface area contributed by atoms with E-state index in [-0.39, 0.29) is 5.43 Å². The Morgan fingerprint density at radius 1 is 0.889 bits per heavy atom. The molecular weight excluding hydrogens is 243 g/mol. The maximum absolute atomic E-state index is 12.2. The maximum atomic E-state index is 12.2. The molecule has 3 aromatic rings. The van der Waals surface area contributed by atoms with Gasteiger partial charge in [0.15, 0.2) is 5.43 Å². The first-order valence-electron chi connectivity index (χ1n) is 5.64. The van der Waals surface area contributed by atoms with Crippen molar-refractivity contribution in [2.45, 2.75) is 0 Å². The number of rotatable bonds is 1. The van der Waals surface area contributed by atoms with Crippen LogP contribution < -0.4 is 10.7 Å². The van der Waals surface area contributed by atoms with Crippen molar-refractivity contribution < 1.29 is 4.42 Å². The molecule has 0 aliphatic heterocycles. The van der Waals surface area contributed by atoms with Crippen molar-refractivity contribution in [1.82, 2.24) is 0 Å². The van der Waals surface area contributed by atoms with E-state index in [0.29, 0.717) is 22.0 Å². The van der Waals surface area contributed by atoms with E-state index in [2.05, 4.69) is 9.24 Å². The zero-order chi connectivity index (χ0) is 12.5. The van der Waals surface area contributed by atoms with Crippen LogP contribution in [0, 0.1) is 0 Å². The average molecular weight is 254 g/mol. The summed E-state index contributed by atoms with van der Waals surface area (Å²) in [7, 11) is 2.48. The molecule has 3 rings (SSSR count). The number of fused-ring (bicyclic) bond motifs is 1. The van der Waals surface area contributed by atoms with Crippen molar-refractivity contribution >= 4 is 25.5 Å². The standard InChI is InChI=1S/C15H11O2P/c16-13-11-8-4-5-9-12(11)17-14(15(13)18)10-6-2-1-3-7-10/h1-9H,18H2. The SMILES string of the molecule is O=c1c(P)c(-c2ccccc2)oc2ccccc12. The molecule has 0 N–H and O–H groups in total. The lowest BCUT2D eigenvalue weighted by molar-refractivity contribution is 0.623. The van der Waals surface area contributed by atoms with Gasteiger partial charge in [-0.25, -0.2) is 0 Å². The summed E-state index contributed by atoms with van der Waals surface area (Å²) < 4.78 is 5.84. The van der Waals surface area contributed by atoms with E-state index in [1.807, 2.05) is 48.5 Å². The molecule has 0 radical (unpaired) electrons. The second kappa shape index (κ2) is 4.40. The van der Waals surface area contributed by atoms with E-state index in [0.717, 1.165) is 5.56 Å². The Morgan fingerprint density at radius 3 is 2.33 bits per heavy atom. The molecule has 0 spiro atoms. The van der Waals surface area contributed by atoms with Gasteiger partial charge in [-0.3, -0.25) is 4.79 Å². The van der Waals surface area contributed by atoms with Gasteiger partial charge in [-0.1, -0.05) is 51.7 Å². The highest BCUT2D eigenvalue weighted by Crippen LogP contribution is 2.21. The summed E-state index contributed by atoms with van der Waals surface area (Å²) in [5.41, 5.74) is 1.53. The zero-order valence-corrected chi connectivity index (χ0v) is 10.7. The summed E-state index contributed by atoms with van der Waals surface area (Å²) in [5, 5.41) is 1.18. The monoisotopic (exact) mass is 254 g/mol. The molecule has 18 heavy (non-hydrogen) atoms. The van der Waals surface area contributed by atoms with Gasteiger partial charge in [-0.2, -0.15) is 0 Å². The number of benzene rings is 2. The van der Waals surface area contributed by atoms with Crippen LogP contribution >= 0.6 is 9.24 Å². The van der Waals surface area contributed by atoms with Crippen LogP contribution in [0.15, 0.2) is 63.8 Å². The Labute approximate surface area is 106 Å². The van der Waals surface area contributed by atoms with Crippen molar-refractivity contribution in [2.75, 3.05) is 0 Å². The quantitative estimate of drug-likeness (QED) is 0.625. The van der Waals surface area contributed by atoms with Gasteiger partial charge in [0, 0.05) is 5.56 Å². The zero-order valence-electron chi connectivity index (χ0n) is 9.59. The third-order valence-corrected chi connectivity index (χ3v) is 3.39. The summed E-state index contributed by atoms with van der Waals surface area (Å²) in [6.07, 6.45) is 0. The van der Waals surface area contributed by atoms with Gasteiger partial charge < -0.3 is 4.42 Å². The highest BCUT2D eigenvalue weighted by Gasteiger charge is 2.11. The molecule has 2 nitrogen and oxygen atoms in total. The van der Waals surface area contributed by atoms with Crippen LogP contribution in [0.1, 0.15) is 0 Å². The van der Waals surface area contributed by atoms with Gasteiger partial charge >= 0.3 is 0 Å². The predicted molar refractivity (Wildman–Crippen MR) is 77.3 cm³/mol. The first-order chi connectivity index (χ1) is 8.77. The van der Waals surface area contributed by atoms with Crippen LogP contribution in [-0.4, -0.2) is 0 Å². The third-order valence-electron chi connectivity index (χ3n) is 2.87. The molecule has 1 unspecified atom stereocenters. The Hall–Kier alpha value is -1.92. The number of para-hydroxylation sites is 1. The minimum Gasteiger partial charge on any atom is -0.455 e. The molecule has 0 amide bonds. The molecule has 1 heterocycles. The lowest BCUT2D eigenvalue weighted by atomic mass is 10.1. The molecule has 0 aliphatic rings. The van der Waals surface area contributed by atoms with Gasteiger partial charge in [0.05, 0.1) is 10.7 Å². The second-order valence-corrected chi connectivity index (χ2v) is 4.61. The van der Waals surface area contributed by atoms with E-state index < -0.39 is 0 Å². The molecule has 0 aliphatic carbocycles. The van der Waals surface area contributed by atoms with Crippen molar-refractivity contribution in [3.8, 4) is 11.3 Å². The Balaban J connectivity index is 2.38. The van der Waals surface area contributed by atoms with Crippen LogP contribution in [0.2, 0.25) is 0 Å². The van der Waals surface area contributed by atoms with Gasteiger partial charge in [-0.15, -0.1) is 0 Å². The molecule has 0 saturated heterocycles. The Kier molecular flexibility index (Phi) is 2.73. The van der Waals surface area contributed by atoms with Gasteiger partial charge in [-0.05, 0) is 12.1 Å². The molecule has 1 atom stereocenters. The predicted octanol–water partition coefficient (Wildman–Crippen LogP) is 2.96. The Bertz CT molecular complexity index is 760. The second-order valence-electron chi connectivity index (χ2n) is 4.04. The summed E-state index contributed by atoms with van der Waals surface area (Å²) in [6, 6.07) is 16.9. The Morgan fingerprint density at radius 2 is 1.56 bits per heavy atom. The minimum absolute atomic E-state index is 0.000651. The largest absolute Gasteiger partial charge is 0.455 e. The number of hydrogen-bond acceptors (Lipinski definition) is 2. The molecule has 1 aromatic heterocycles. The van der Waals surface area contributed by atoms with Gasteiger partial charge in [0.2, 0.25) is 0 Å². The summed E-state index contributed by atoms with van der Waals surface area (Å²) in [6.45, 7) is 0. The molecule has 0 saturated carbocycles. The molecular formula is C15H11O2P. The van der Waals surface area contributed by atoms with E-state index in [9.17, 15) is 4.79 Å². The highest BCUT2D eigenvalue weighted by molar-refractivity contribution is 7.27. The van der Waals surface area contributed by atoms with Crippen LogP contribution in [0.4, 0.5) is 0 Å². The van der Waals surface area contributed by atoms with Crippen molar-refractivity contribution in [2.24, 2.45) is 0 Å². The normalized spacial score (nSPS) is 10.7. The van der Waals surface area contributed by atoms with Crippen molar-refractivity contribution in [1.29, 1.82) is 0 Å². The fourth-order valence-electron chi connectivity index (χ4n) is 1.96. The van der Waals surface area contributed by atoms with E-state index in [1.165, 1.54) is 0 Å². The van der Waals surface area contributed by atoms with Crippen LogP contribution in [-0.2, 0) is 0 Å². The van der Waals surface area contributed by atoms with Crippen LogP contribution in [0.25, 0.3) is 22.3 Å². The molecule has 0 bridgehead atoms. The summed E-state index contributed by atoms with van der Waals surface area (Å²) in [4.78, 5) is 12.2. The maximum Gasteiger partial charge on any atom is 0.200 e. The van der Waals surface area contributed by atoms with Crippen LogP contribution in [0.3, 0.4) is 0 Å². The molecule has 2 aromatic carbocycles. The molecule has 3 heteroatoms. The summed E-state index contributed by atoms with van der Waals surface area (Å²) in [5.74, 6) is 0.615. The first kappa shape index (κ1) is 11.2. The smallest absolute Gasteiger partial charge is 0.200 e. The lowest BCUT2D eigenvalue weighted by Gasteiger charge is -2.06. The fraction of sp³-hybridized carbons (Fsp3) is 0. The van der Waals surface area contributed by atoms with E-state index in [1.54, 1.807) is 6.07 Å². The van der Waals surface area contributed by atoms with Gasteiger partial charge in [0.25, 0.3) is 0 Å². The van der Waals surface area contributed by atoms with Crippen molar-refractivity contribution in [3.63, 3.8) is 0 Å². The average Bonchev–Trinajstić information content (AvgIpc) is 2.44. The van der Waals surface area contributed by atoms with E-state index >= 15 is 0 Å². The van der Waals surface area contributed by atoms with Crippen molar-refractivity contribution in [3.05, 3.63) is 64.8 Å². The topological polar surface area (TPSA) is 30.2 Å². The summed E-state index contributed by atoms with van der Waals surface area (Å²) >= 11 is 0. The number of hydrogen-bond donors (Lipinski definition) is 0. The first-order valence-corrected chi connectivity index (χ1v) is 6.22. The lowest BCUT2D eigenvalue weighted by Crippen LogP contribution is -2.20. The highest BCUT2D eigenvalue weighted by atomic mass is 31.0. The van der Waals surface area contributed by atoms with E-state index in [4.69, 9.17) is 4.42 Å². The van der Waals surface area contributed by atoms with Gasteiger partial charge in [0.1, 0.15) is 11.3 Å². The third kappa shape index (κ3) is 1.75. The van der Waals surface area contributed by atoms with Crippen LogP contribution in [0.5, 0.6) is 0 Å². The minimum atomic E-state index is 0.000651.